The lowest BCUT2D eigenvalue weighted by Gasteiger charge is -2.27. The number of carbonyl (C=O) groups is 1. The molecule has 1 amide bonds. The Kier molecular flexibility index (Phi) is 5.40. The van der Waals surface area contributed by atoms with Gasteiger partial charge in [0.25, 0.3) is 5.91 Å². The van der Waals surface area contributed by atoms with Crippen molar-refractivity contribution in [1.82, 2.24) is 14.3 Å². The zero-order chi connectivity index (χ0) is 21.4. The number of thiophene rings is 1. The quantitative estimate of drug-likeness (QED) is 0.425. The molecule has 1 aromatic carbocycles. The van der Waals surface area contributed by atoms with Crippen LogP contribution >= 0.6 is 11.3 Å². The van der Waals surface area contributed by atoms with Crippen LogP contribution in [0.15, 0.2) is 48.7 Å². The van der Waals surface area contributed by atoms with Gasteiger partial charge in [0.2, 0.25) is 0 Å². The highest BCUT2D eigenvalue weighted by Gasteiger charge is 2.21. The number of piperidine rings is 1. The van der Waals surface area contributed by atoms with E-state index < -0.39 is 0 Å². The van der Waals surface area contributed by atoms with E-state index in [9.17, 15) is 4.79 Å². The third-order valence-corrected chi connectivity index (χ3v) is 7.22. The minimum absolute atomic E-state index is 0.131. The molecule has 6 heteroatoms. The SMILES string of the molecule is CCc1nc2ccc(C(=O)N3CCCCC3)cn2c1N(C)Cc1cc2ccccc2s1. The van der Waals surface area contributed by atoms with E-state index in [2.05, 4.69) is 53.6 Å². The summed E-state index contributed by atoms with van der Waals surface area (Å²) < 4.78 is 3.41. The van der Waals surface area contributed by atoms with Crippen LogP contribution in [0.5, 0.6) is 0 Å². The molecule has 0 aliphatic carbocycles. The Hall–Kier alpha value is -2.86. The molecule has 4 heterocycles. The molecule has 0 N–H and O–H groups in total. The highest BCUT2D eigenvalue weighted by atomic mass is 32.1. The van der Waals surface area contributed by atoms with Gasteiger partial charge >= 0.3 is 0 Å². The van der Waals surface area contributed by atoms with Gasteiger partial charge in [-0.15, -0.1) is 11.3 Å². The third kappa shape index (κ3) is 3.81. The first-order chi connectivity index (χ1) is 15.1. The summed E-state index contributed by atoms with van der Waals surface area (Å²) in [6.07, 6.45) is 6.25. The summed E-state index contributed by atoms with van der Waals surface area (Å²) in [4.78, 5) is 23.5. The number of hydrogen-bond donors (Lipinski definition) is 0. The average molecular weight is 433 g/mol. The number of likely N-dealkylation sites (tertiary alicyclic amines) is 1. The Bertz CT molecular complexity index is 1200. The summed E-state index contributed by atoms with van der Waals surface area (Å²) in [7, 11) is 2.12. The van der Waals surface area contributed by atoms with E-state index in [1.165, 1.54) is 21.4 Å². The third-order valence-electron chi connectivity index (χ3n) is 6.12. The number of amides is 1. The number of benzene rings is 1. The molecule has 31 heavy (non-hydrogen) atoms. The fraction of sp³-hybridized carbons (Fsp3) is 0.360. The van der Waals surface area contributed by atoms with Crippen LogP contribution in [0.3, 0.4) is 0 Å². The van der Waals surface area contributed by atoms with E-state index in [4.69, 9.17) is 4.98 Å². The zero-order valence-electron chi connectivity index (χ0n) is 18.2. The fourth-order valence-corrected chi connectivity index (χ4v) is 5.67. The second kappa shape index (κ2) is 8.35. The lowest BCUT2D eigenvalue weighted by molar-refractivity contribution is 0.0724. The lowest BCUT2D eigenvalue weighted by Crippen LogP contribution is -2.35. The van der Waals surface area contributed by atoms with Crippen molar-refractivity contribution in [2.45, 2.75) is 39.2 Å². The van der Waals surface area contributed by atoms with E-state index in [1.54, 1.807) is 0 Å². The fourth-order valence-electron chi connectivity index (χ4n) is 4.55. The molecule has 1 saturated heterocycles. The van der Waals surface area contributed by atoms with Gasteiger partial charge in [-0.05, 0) is 55.3 Å². The van der Waals surface area contributed by atoms with Crippen LogP contribution in [0.25, 0.3) is 15.7 Å². The van der Waals surface area contributed by atoms with Crippen molar-refractivity contribution in [2.24, 2.45) is 0 Å². The van der Waals surface area contributed by atoms with E-state index in [0.29, 0.717) is 0 Å². The average Bonchev–Trinajstić information content (AvgIpc) is 3.38. The summed E-state index contributed by atoms with van der Waals surface area (Å²) >= 11 is 1.84. The Morgan fingerprint density at radius 2 is 1.94 bits per heavy atom. The summed E-state index contributed by atoms with van der Waals surface area (Å²) in [5.41, 5.74) is 2.70. The number of fused-ring (bicyclic) bond motifs is 2. The van der Waals surface area contributed by atoms with Crippen molar-refractivity contribution in [2.75, 3.05) is 25.0 Å². The monoisotopic (exact) mass is 432 g/mol. The first kappa shape index (κ1) is 20.1. The Morgan fingerprint density at radius 1 is 1.13 bits per heavy atom. The number of pyridine rings is 1. The number of nitrogens with zero attached hydrogens (tertiary/aromatic N) is 4. The topological polar surface area (TPSA) is 40.9 Å². The number of aromatic nitrogens is 2. The highest BCUT2D eigenvalue weighted by molar-refractivity contribution is 7.19. The molecule has 0 spiro atoms. The maximum Gasteiger partial charge on any atom is 0.255 e. The number of carbonyl (C=O) groups excluding carboxylic acids is 1. The molecule has 0 atom stereocenters. The van der Waals surface area contributed by atoms with Gasteiger partial charge in [0.05, 0.1) is 17.8 Å². The molecule has 3 aromatic heterocycles. The van der Waals surface area contributed by atoms with Crippen LogP contribution in [-0.4, -0.2) is 40.3 Å². The molecular formula is C25H28N4OS. The normalized spacial score (nSPS) is 14.5. The number of aryl methyl sites for hydroxylation is 1. The molecular weight excluding hydrogens is 404 g/mol. The van der Waals surface area contributed by atoms with Crippen LogP contribution in [-0.2, 0) is 13.0 Å². The molecule has 4 aromatic rings. The molecule has 0 unspecified atom stereocenters. The van der Waals surface area contributed by atoms with Crippen molar-refractivity contribution >= 4 is 38.8 Å². The van der Waals surface area contributed by atoms with Gasteiger partial charge in [-0.25, -0.2) is 4.98 Å². The second-order valence-corrected chi connectivity index (χ2v) is 9.51. The number of rotatable bonds is 5. The van der Waals surface area contributed by atoms with Gasteiger partial charge in [0.1, 0.15) is 11.5 Å². The number of imidazole rings is 1. The maximum absolute atomic E-state index is 13.1. The molecule has 0 bridgehead atoms. The molecule has 5 rings (SSSR count). The smallest absolute Gasteiger partial charge is 0.255 e. The number of anilines is 1. The predicted molar refractivity (Wildman–Crippen MR) is 128 cm³/mol. The summed E-state index contributed by atoms with van der Waals surface area (Å²) in [6, 6.07) is 14.7. The van der Waals surface area contributed by atoms with Gasteiger partial charge in [0, 0.05) is 35.9 Å². The summed E-state index contributed by atoms with van der Waals surface area (Å²) in [5, 5.41) is 1.29. The first-order valence-corrected chi connectivity index (χ1v) is 11.9. The van der Waals surface area contributed by atoms with Crippen LogP contribution < -0.4 is 4.90 Å². The second-order valence-electron chi connectivity index (χ2n) is 8.34. The highest BCUT2D eigenvalue weighted by Crippen LogP contribution is 2.29. The molecule has 160 valence electrons. The van der Waals surface area contributed by atoms with Crippen molar-refractivity contribution in [3.05, 3.63) is 64.8 Å². The van der Waals surface area contributed by atoms with E-state index >= 15 is 0 Å². The van der Waals surface area contributed by atoms with Crippen LogP contribution in [0.2, 0.25) is 0 Å². The van der Waals surface area contributed by atoms with Gasteiger partial charge in [-0.3, -0.25) is 9.20 Å². The van der Waals surface area contributed by atoms with E-state index in [1.807, 2.05) is 34.6 Å². The van der Waals surface area contributed by atoms with Crippen LogP contribution in [0, 0.1) is 0 Å². The minimum atomic E-state index is 0.131. The van der Waals surface area contributed by atoms with Crippen LogP contribution in [0.1, 0.15) is 47.1 Å². The first-order valence-electron chi connectivity index (χ1n) is 11.1. The van der Waals surface area contributed by atoms with Crippen molar-refractivity contribution in [1.29, 1.82) is 0 Å². The molecule has 1 aliphatic rings. The van der Waals surface area contributed by atoms with Crippen molar-refractivity contribution in [3.8, 4) is 0 Å². The Balaban J connectivity index is 1.49. The van der Waals surface area contributed by atoms with Gasteiger partial charge in [-0.2, -0.15) is 0 Å². The van der Waals surface area contributed by atoms with E-state index in [0.717, 1.165) is 61.6 Å². The largest absolute Gasteiger partial charge is 0.354 e. The molecule has 0 saturated carbocycles. The zero-order valence-corrected chi connectivity index (χ0v) is 19.0. The van der Waals surface area contributed by atoms with Gasteiger partial charge in [0.15, 0.2) is 0 Å². The maximum atomic E-state index is 13.1. The molecule has 0 radical (unpaired) electrons. The minimum Gasteiger partial charge on any atom is -0.354 e. The number of hydrogen-bond acceptors (Lipinski definition) is 4. The Labute approximate surface area is 186 Å². The lowest BCUT2D eigenvalue weighted by atomic mass is 10.1. The summed E-state index contributed by atoms with van der Waals surface area (Å²) in [5.74, 6) is 1.20. The van der Waals surface area contributed by atoms with Crippen molar-refractivity contribution < 1.29 is 4.79 Å². The van der Waals surface area contributed by atoms with Gasteiger partial charge < -0.3 is 9.80 Å². The van der Waals surface area contributed by atoms with Crippen LogP contribution in [0.4, 0.5) is 5.82 Å². The molecule has 1 fully saturated rings. The Morgan fingerprint density at radius 3 is 2.71 bits per heavy atom. The molecule has 5 nitrogen and oxygen atoms in total. The van der Waals surface area contributed by atoms with E-state index in [-0.39, 0.29) is 5.91 Å². The summed E-state index contributed by atoms with van der Waals surface area (Å²) in [6.45, 7) is 4.67. The predicted octanol–water partition coefficient (Wildman–Crippen LogP) is 5.37. The van der Waals surface area contributed by atoms with Crippen molar-refractivity contribution in [3.63, 3.8) is 0 Å². The standard InChI is InChI=1S/C25H28N4OS/c1-3-21-24(27(2)17-20-15-18-9-5-6-10-22(18)31-20)29-16-19(11-12-23(29)26-21)25(30)28-13-7-4-8-14-28/h5-6,9-12,15-16H,3-4,7-8,13-14,17H2,1-2H3. The molecule has 1 aliphatic heterocycles. The van der Waals surface area contributed by atoms with Gasteiger partial charge in [-0.1, -0.05) is 25.1 Å².